The molecule has 22 heavy (non-hydrogen) atoms. The molecule has 6 nitrogen and oxygen atoms in total. The number of carbonyl (C=O) groups excluding carboxylic acids is 1. The maximum absolute atomic E-state index is 12.3. The summed E-state index contributed by atoms with van der Waals surface area (Å²) in [6, 6.07) is 5.45. The fraction of sp³-hybridized carbons (Fsp3) is 0.438. The standard InChI is InChI=1S/C16H20N2O4/c1-20-12-6-10-7-13(18-15(10)14(8-12)21-2)16(19)17-9-11-4-3-5-22-11/h6-8,11,18H,3-5,9H2,1-2H3,(H,17,19)/t11-/m0/s1. The van der Waals surface area contributed by atoms with Crippen molar-refractivity contribution in [2.75, 3.05) is 27.4 Å². The topological polar surface area (TPSA) is 72.6 Å². The number of aromatic nitrogens is 1. The normalized spacial score (nSPS) is 17.6. The minimum Gasteiger partial charge on any atom is -0.497 e. The number of H-pyrrole nitrogens is 1. The Morgan fingerprint density at radius 3 is 2.91 bits per heavy atom. The number of hydrogen-bond donors (Lipinski definition) is 2. The van der Waals surface area contributed by atoms with E-state index in [4.69, 9.17) is 14.2 Å². The predicted octanol–water partition coefficient (Wildman–Crippen LogP) is 2.09. The Bertz CT molecular complexity index is 674. The maximum Gasteiger partial charge on any atom is 0.267 e. The van der Waals surface area contributed by atoms with E-state index >= 15 is 0 Å². The average molecular weight is 304 g/mol. The lowest BCUT2D eigenvalue weighted by molar-refractivity contribution is 0.0854. The van der Waals surface area contributed by atoms with E-state index in [1.54, 1.807) is 26.4 Å². The minimum absolute atomic E-state index is 0.128. The molecule has 6 heteroatoms. The second kappa shape index (κ2) is 6.27. The summed E-state index contributed by atoms with van der Waals surface area (Å²) in [4.78, 5) is 15.4. The first-order chi connectivity index (χ1) is 10.7. The number of fused-ring (bicyclic) bond motifs is 1. The molecule has 1 saturated heterocycles. The van der Waals surface area contributed by atoms with Gasteiger partial charge in [0.1, 0.15) is 17.2 Å². The van der Waals surface area contributed by atoms with Crippen molar-refractivity contribution in [3.63, 3.8) is 0 Å². The van der Waals surface area contributed by atoms with E-state index in [9.17, 15) is 4.79 Å². The van der Waals surface area contributed by atoms with Crippen molar-refractivity contribution in [1.29, 1.82) is 0 Å². The number of amides is 1. The minimum atomic E-state index is -0.146. The van der Waals surface area contributed by atoms with Gasteiger partial charge in [-0.15, -0.1) is 0 Å². The first-order valence-corrected chi connectivity index (χ1v) is 7.36. The molecule has 1 aliphatic rings. The Kier molecular flexibility index (Phi) is 4.20. The monoisotopic (exact) mass is 304 g/mol. The van der Waals surface area contributed by atoms with Crippen LogP contribution >= 0.6 is 0 Å². The second-order valence-electron chi connectivity index (χ2n) is 5.32. The Balaban J connectivity index is 1.79. The third-order valence-electron chi connectivity index (χ3n) is 3.88. The predicted molar refractivity (Wildman–Crippen MR) is 82.7 cm³/mol. The van der Waals surface area contributed by atoms with Crippen molar-refractivity contribution in [3.05, 3.63) is 23.9 Å². The van der Waals surface area contributed by atoms with E-state index in [1.807, 2.05) is 6.07 Å². The summed E-state index contributed by atoms with van der Waals surface area (Å²) in [5.41, 5.74) is 1.28. The molecule has 1 aromatic carbocycles. The summed E-state index contributed by atoms with van der Waals surface area (Å²) < 4.78 is 16.1. The van der Waals surface area contributed by atoms with Gasteiger partial charge in [0, 0.05) is 24.6 Å². The number of carbonyl (C=O) groups is 1. The molecule has 0 saturated carbocycles. The van der Waals surface area contributed by atoms with Gasteiger partial charge in [0.2, 0.25) is 0 Å². The first-order valence-electron chi connectivity index (χ1n) is 7.36. The zero-order valence-electron chi connectivity index (χ0n) is 12.8. The number of benzene rings is 1. The summed E-state index contributed by atoms with van der Waals surface area (Å²) in [7, 11) is 3.19. The summed E-state index contributed by atoms with van der Waals surface area (Å²) >= 11 is 0. The molecule has 1 aliphatic heterocycles. The van der Waals surface area contributed by atoms with Crippen LogP contribution in [0.5, 0.6) is 11.5 Å². The van der Waals surface area contributed by atoms with E-state index in [2.05, 4.69) is 10.3 Å². The van der Waals surface area contributed by atoms with Gasteiger partial charge in [0.15, 0.2) is 0 Å². The van der Waals surface area contributed by atoms with Crippen LogP contribution in [0.3, 0.4) is 0 Å². The number of nitrogens with one attached hydrogen (secondary N) is 2. The van der Waals surface area contributed by atoms with Crippen molar-refractivity contribution < 1.29 is 19.0 Å². The van der Waals surface area contributed by atoms with Crippen molar-refractivity contribution >= 4 is 16.8 Å². The summed E-state index contributed by atoms with van der Waals surface area (Å²) in [5, 5.41) is 3.77. The van der Waals surface area contributed by atoms with Crippen LogP contribution in [0.2, 0.25) is 0 Å². The zero-order valence-corrected chi connectivity index (χ0v) is 12.8. The fourth-order valence-electron chi connectivity index (χ4n) is 2.69. The van der Waals surface area contributed by atoms with Gasteiger partial charge in [-0.1, -0.05) is 0 Å². The molecule has 2 N–H and O–H groups in total. The molecule has 0 radical (unpaired) electrons. The van der Waals surface area contributed by atoms with Crippen molar-refractivity contribution in [3.8, 4) is 11.5 Å². The first kappa shape index (κ1) is 14.7. The SMILES string of the molecule is COc1cc(OC)c2[nH]c(C(=O)NC[C@@H]3CCCO3)cc2c1. The molecule has 0 unspecified atom stereocenters. The van der Waals surface area contributed by atoms with E-state index in [0.717, 1.165) is 30.4 Å². The van der Waals surface area contributed by atoms with Gasteiger partial charge in [0.25, 0.3) is 5.91 Å². The molecular weight excluding hydrogens is 284 g/mol. The van der Waals surface area contributed by atoms with Gasteiger partial charge >= 0.3 is 0 Å². The largest absolute Gasteiger partial charge is 0.497 e. The van der Waals surface area contributed by atoms with Gasteiger partial charge in [-0.05, 0) is 25.0 Å². The van der Waals surface area contributed by atoms with E-state index in [-0.39, 0.29) is 12.0 Å². The van der Waals surface area contributed by atoms with E-state index in [0.29, 0.717) is 23.7 Å². The van der Waals surface area contributed by atoms with Gasteiger partial charge in [-0.2, -0.15) is 0 Å². The molecular formula is C16H20N2O4. The highest BCUT2D eigenvalue weighted by Gasteiger charge is 2.18. The van der Waals surface area contributed by atoms with Crippen LogP contribution in [0.1, 0.15) is 23.3 Å². The Labute approximate surface area is 128 Å². The Hall–Kier alpha value is -2.21. The molecule has 0 bridgehead atoms. The number of aromatic amines is 1. The summed E-state index contributed by atoms with van der Waals surface area (Å²) in [5.74, 6) is 1.19. The summed E-state index contributed by atoms with van der Waals surface area (Å²) in [6.07, 6.45) is 2.19. The number of hydrogen-bond acceptors (Lipinski definition) is 4. The van der Waals surface area contributed by atoms with Crippen molar-refractivity contribution in [2.24, 2.45) is 0 Å². The average Bonchev–Trinajstić information content (AvgIpc) is 3.20. The van der Waals surface area contributed by atoms with Crippen LogP contribution in [-0.4, -0.2) is 44.4 Å². The quantitative estimate of drug-likeness (QED) is 0.887. The molecule has 2 heterocycles. The Morgan fingerprint density at radius 1 is 1.36 bits per heavy atom. The molecule has 1 fully saturated rings. The van der Waals surface area contributed by atoms with E-state index < -0.39 is 0 Å². The molecule has 1 atom stereocenters. The van der Waals surface area contributed by atoms with Gasteiger partial charge in [0.05, 0.1) is 25.8 Å². The lowest BCUT2D eigenvalue weighted by Gasteiger charge is -2.09. The van der Waals surface area contributed by atoms with E-state index in [1.165, 1.54) is 0 Å². The summed E-state index contributed by atoms with van der Waals surface area (Å²) in [6.45, 7) is 1.32. The van der Waals surface area contributed by atoms with Gasteiger partial charge in [-0.25, -0.2) is 0 Å². The van der Waals surface area contributed by atoms with Crippen LogP contribution in [-0.2, 0) is 4.74 Å². The van der Waals surface area contributed by atoms with Gasteiger partial charge in [-0.3, -0.25) is 4.79 Å². The molecule has 1 aromatic heterocycles. The molecule has 3 rings (SSSR count). The second-order valence-corrected chi connectivity index (χ2v) is 5.32. The van der Waals surface area contributed by atoms with Gasteiger partial charge < -0.3 is 24.5 Å². The maximum atomic E-state index is 12.3. The molecule has 0 spiro atoms. The molecule has 1 amide bonds. The number of ether oxygens (including phenoxy) is 3. The van der Waals surface area contributed by atoms with Crippen LogP contribution in [0.15, 0.2) is 18.2 Å². The molecule has 118 valence electrons. The lowest BCUT2D eigenvalue weighted by Crippen LogP contribution is -2.31. The zero-order chi connectivity index (χ0) is 15.5. The van der Waals surface area contributed by atoms with Crippen LogP contribution in [0.4, 0.5) is 0 Å². The molecule has 0 aliphatic carbocycles. The molecule has 2 aromatic rings. The smallest absolute Gasteiger partial charge is 0.267 e. The number of rotatable bonds is 5. The van der Waals surface area contributed by atoms with Crippen LogP contribution < -0.4 is 14.8 Å². The van der Waals surface area contributed by atoms with Crippen molar-refractivity contribution in [2.45, 2.75) is 18.9 Å². The Morgan fingerprint density at radius 2 is 2.23 bits per heavy atom. The van der Waals surface area contributed by atoms with Crippen LogP contribution in [0.25, 0.3) is 10.9 Å². The van der Waals surface area contributed by atoms with Crippen molar-refractivity contribution in [1.82, 2.24) is 10.3 Å². The highest BCUT2D eigenvalue weighted by atomic mass is 16.5. The van der Waals surface area contributed by atoms with Crippen LogP contribution in [0, 0.1) is 0 Å². The third kappa shape index (κ3) is 2.87. The highest BCUT2D eigenvalue weighted by Crippen LogP contribution is 2.31. The fourth-order valence-corrected chi connectivity index (χ4v) is 2.69. The lowest BCUT2D eigenvalue weighted by atomic mass is 10.2. The highest BCUT2D eigenvalue weighted by molar-refractivity contribution is 5.99. The third-order valence-corrected chi connectivity index (χ3v) is 3.88. The number of methoxy groups -OCH3 is 2.